The highest BCUT2D eigenvalue weighted by atomic mass is 79.9. The first-order valence-corrected chi connectivity index (χ1v) is 7.55. The van der Waals surface area contributed by atoms with Gasteiger partial charge in [0.05, 0.1) is 0 Å². The highest BCUT2D eigenvalue weighted by Gasteiger charge is 2.15. The topological polar surface area (TPSA) is 26.0 Å². The van der Waals surface area contributed by atoms with Gasteiger partial charge in [0.2, 0.25) is 0 Å². The van der Waals surface area contributed by atoms with Crippen LogP contribution in [0.4, 0.5) is 0 Å². The Morgan fingerprint density at radius 3 is 2.21 bits per heavy atom. The van der Waals surface area contributed by atoms with Crippen molar-refractivity contribution >= 4 is 50.7 Å². The molecule has 2 N–H and O–H groups in total. The van der Waals surface area contributed by atoms with Crippen molar-refractivity contribution in [3.8, 4) is 0 Å². The highest BCUT2D eigenvalue weighted by Crippen LogP contribution is 2.31. The van der Waals surface area contributed by atoms with E-state index >= 15 is 0 Å². The lowest BCUT2D eigenvalue weighted by Crippen LogP contribution is -2.14. The van der Waals surface area contributed by atoms with E-state index in [1.807, 2.05) is 24.3 Å². The van der Waals surface area contributed by atoms with Crippen LogP contribution in [-0.4, -0.2) is 0 Å². The molecule has 0 heterocycles. The zero-order chi connectivity index (χ0) is 14.0. The molecule has 1 atom stereocenters. The largest absolute Gasteiger partial charge is 0.324 e. The fourth-order valence-electron chi connectivity index (χ4n) is 1.86. The van der Waals surface area contributed by atoms with Gasteiger partial charge in [0, 0.05) is 25.6 Å². The fourth-order valence-corrected chi connectivity index (χ4v) is 3.22. The molecule has 0 radical (unpaired) electrons. The van der Waals surface area contributed by atoms with E-state index in [2.05, 4.69) is 15.9 Å². The molecule has 0 aliphatic rings. The van der Waals surface area contributed by atoms with Crippen LogP contribution in [0.25, 0.3) is 0 Å². The average Bonchev–Trinajstić information content (AvgIpc) is 2.33. The van der Waals surface area contributed by atoms with Gasteiger partial charge in [-0.15, -0.1) is 0 Å². The summed E-state index contributed by atoms with van der Waals surface area (Å²) in [6.07, 6.45) is 0.542. The molecule has 2 aromatic rings. The van der Waals surface area contributed by atoms with E-state index in [9.17, 15) is 0 Å². The molecule has 19 heavy (non-hydrogen) atoms. The summed E-state index contributed by atoms with van der Waals surface area (Å²) in [5, 5.41) is 1.87. The van der Waals surface area contributed by atoms with Crippen LogP contribution in [0.2, 0.25) is 15.1 Å². The van der Waals surface area contributed by atoms with Crippen LogP contribution >= 0.6 is 50.7 Å². The smallest absolute Gasteiger partial charge is 0.0465 e. The van der Waals surface area contributed by atoms with Crippen molar-refractivity contribution in [2.45, 2.75) is 12.5 Å². The number of nitrogens with two attached hydrogens (primary N) is 1. The summed E-state index contributed by atoms with van der Waals surface area (Å²) >= 11 is 21.9. The molecule has 2 aromatic carbocycles. The van der Waals surface area contributed by atoms with Crippen molar-refractivity contribution in [2.24, 2.45) is 5.73 Å². The van der Waals surface area contributed by atoms with Crippen LogP contribution < -0.4 is 5.73 Å². The van der Waals surface area contributed by atoms with Gasteiger partial charge in [0.15, 0.2) is 0 Å². The van der Waals surface area contributed by atoms with Gasteiger partial charge in [-0.1, -0.05) is 62.9 Å². The number of hydrogen-bond donors (Lipinski definition) is 1. The number of halogens is 4. The van der Waals surface area contributed by atoms with E-state index in [0.717, 1.165) is 15.6 Å². The van der Waals surface area contributed by atoms with Gasteiger partial charge < -0.3 is 5.73 Å². The molecule has 0 spiro atoms. The summed E-state index contributed by atoms with van der Waals surface area (Å²) in [6, 6.07) is 10.8. The monoisotopic (exact) mass is 377 g/mol. The van der Waals surface area contributed by atoms with Gasteiger partial charge in [-0.3, -0.25) is 0 Å². The van der Waals surface area contributed by atoms with Crippen molar-refractivity contribution in [3.63, 3.8) is 0 Å². The molecule has 0 saturated carbocycles. The van der Waals surface area contributed by atoms with E-state index in [-0.39, 0.29) is 6.04 Å². The molecule has 5 heteroatoms. The molecule has 1 unspecified atom stereocenters. The predicted octanol–water partition coefficient (Wildman–Crippen LogP) is 5.65. The first-order valence-electron chi connectivity index (χ1n) is 5.62. The van der Waals surface area contributed by atoms with E-state index < -0.39 is 0 Å². The quantitative estimate of drug-likeness (QED) is 0.732. The normalized spacial score (nSPS) is 12.5. The highest BCUT2D eigenvalue weighted by molar-refractivity contribution is 9.10. The molecule has 1 nitrogen and oxygen atoms in total. The lowest BCUT2D eigenvalue weighted by molar-refractivity contribution is 0.722. The third-order valence-corrected chi connectivity index (χ3v) is 4.38. The Morgan fingerprint density at radius 2 is 1.63 bits per heavy atom. The Bertz CT molecular complexity index is 581. The minimum Gasteiger partial charge on any atom is -0.324 e. The molecule has 0 amide bonds. The Balaban J connectivity index is 2.28. The summed E-state index contributed by atoms with van der Waals surface area (Å²) in [4.78, 5) is 0. The fraction of sp³-hybridized carbons (Fsp3) is 0.143. The number of hydrogen-bond acceptors (Lipinski definition) is 1. The minimum absolute atomic E-state index is 0.252. The van der Waals surface area contributed by atoms with Crippen LogP contribution in [-0.2, 0) is 6.42 Å². The zero-order valence-electron chi connectivity index (χ0n) is 9.84. The van der Waals surface area contributed by atoms with Crippen molar-refractivity contribution in [2.75, 3.05) is 0 Å². The molecule has 0 bridgehead atoms. The van der Waals surface area contributed by atoms with Crippen LogP contribution in [0.1, 0.15) is 17.2 Å². The van der Waals surface area contributed by atoms with Crippen molar-refractivity contribution in [3.05, 3.63) is 67.1 Å². The van der Waals surface area contributed by atoms with E-state index in [1.54, 1.807) is 12.1 Å². The number of benzene rings is 2. The van der Waals surface area contributed by atoms with Gasteiger partial charge in [0.25, 0.3) is 0 Å². The predicted molar refractivity (Wildman–Crippen MR) is 86.2 cm³/mol. The summed E-state index contributed by atoms with van der Waals surface area (Å²) < 4.78 is 0.921. The Morgan fingerprint density at radius 1 is 1.00 bits per heavy atom. The van der Waals surface area contributed by atoms with Crippen molar-refractivity contribution in [1.82, 2.24) is 0 Å². The van der Waals surface area contributed by atoms with Gasteiger partial charge in [-0.25, -0.2) is 0 Å². The summed E-state index contributed by atoms with van der Waals surface area (Å²) in [5.74, 6) is 0. The van der Waals surface area contributed by atoms with E-state index in [4.69, 9.17) is 40.5 Å². The molecule has 0 aliphatic heterocycles. The third kappa shape index (κ3) is 3.65. The van der Waals surface area contributed by atoms with E-state index in [1.165, 1.54) is 0 Å². The maximum Gasteiger partial charge on any atom is 0.0465 e. The Labute approximate surface area is 135 Å². The SMILES string of the molecule is NC(Cc1c(Cl)cccc1Cl)c1ccc(Br)cc1Cl. The summed E-state index contributed by atoms with van der Waals surface area (Å²) in [7, 11) is 0. The van der Waals surface area contributed by atoms with Crippen molar-refractivity contribution in [1.29, 1.82) is 0 Å². The molecule has 0 saturated heterocycles. The van der Waals surface area contributed by atoms with Gasteiger partial charge in [-0.2, -0.15) is 0 Å². The van der Waals surface area contributed by atoms with Gasteiger partial charge in [-0.05, 0) is 41.8 Å². The molecule has 2 rings (SSSR count). The van der Waals surface area contributed by atoms with Crippen LogP contribution in [0.15, 0.2) is 40.9 Å². The Kier molecular flexibility index (Phi) is 5.15. The second-order valence-electron chi connectivity index (χ2n) is 4.18. The zero-order valence-corrected chi connectivity index (χ0v) is 13.7. The van der Waals surface area contributed by atoms with Gasteiger partial charge >= 0.3 is 0 Å². The van der Waals surface area contributed by atoms with Crippen LogP contribution in [0.5, 0.6) is 0 Å². The van der Waals surface area contributed by atoms with Gasteiger partial charge in [0.1, 0.15) is 0 Å². The van der Waals surface area contributed by atoms with E-state index in [0.29, 0.717) is 21.5 Å². The first kappa shape index (κ1) is 15.1. The standard InChI is InChI=1S/C14H11BrCl3N/c15-8-4-5-9(13(18)6-8)14(19)7-10-11(16)2-1-3-12(10)17/h1-6,14H,7,19H2. The van der Waals surface area contributed by atoms with Crippen molar-refractivity contribution < 1.29 is 0 Å². The lowest BCUT2D eigenvalue weighted by Gasteiger charge is -2.16. The molecule has 100 valence electrons. The average molecular weight is 380 g/mol. The summed E-state index contributed by atoms with van der Waals surface area (Å²) in [6.45, 7) is 0. The molecule has 0 aliphatic carbocycles. The second kappa shape index (κ2) is 6.47. The maximum absolute atomic E-state index is 6.20. The number of rotatable bonds is 3. The van der Waals surface area contributed by atoms with Crippen LogP contribution in [0.3, 0.4) is 0 Å². The molecule has 0 aromatic heterocycles. The molecular formula is C14H11BrCl3N. The lowest BCUT2D eigenvalue weighted by atomic mass is 9.99. The summed E-state index contributed by atoms with van der Waals surface area (Å²) in [5.41, 5.74) is 7.92. The first-order chi connectivity index (χ1) is 8.99. The third-order valence-electron chi connectivity index (χ3n) is 2.85. The second-order valence-corrected chi connectivity index (χ2v) is 6.31. The molecule has 0 fully saturated rings. The minimum atomic E-state index is -0.252. The Hall–Kier alpha value is -0.250. The molecular weight excluding hydrogens is 368 g/mol. The van der Waals surface area contributed by atoms with Crippen LogP contribution in [0, 0.1) is 0 Å². The maximum atomic E-state index is 6.20.